The molecule has 1 aromatic carbocycles. The van der Waals surface area contributed by atoms with Crippen LogP contribution in [0.15, 0.2) is 28.7 Å². The van der Waals surface area contributed by atoms with Gasteiger partial charge in [-0.2, -0.15) is 0 Å². The highest BCUT2D eigenvalue weighted by Crippen LogP contribution is 2.28. The maximum absolute atomic E-state index is 12.5. The van der Waals surface area contributed by atoms with Gasteiger partial charge in [-0.25, -0.2) is 0 Å². The first-order valence-electron chi connectivity index (χ1n) is 8.10. The maximum Gasteiger partial charge on any atom is 0.311 e. The topological polar surface area (TPSA) is 71.7 Å². The molecule has 0 radical (unpaired) electrons. The monoisotopic (exact) mass is 330 g/mol. The van der Waals surface area contributed by atoms with E-state index >= 15 is 0 Å². The molecule has 1 aromatic heterocycles. The van der Waals surface area contributed by atoms with Gasteiger partial charge in [0, 0.05) is 32.1 Å². The van der Waals surface area contributed by atoms with Crippen LogP contribution >= 0.6 is 0 Å². The van der Waals surface area contributed by atoms with Gasteiger partial charge in [0.25, 0.3) is 0 Å². The summed E-state index contributed by atoms with van der Waals surface area (Å²) in [7, 11) is 1.67. The van der Waals surface area contributed by atoms with Crippen molar-refractivity contribution in [2.75, 3.05) is 38.2 Å². The molecule has 128 valence electrons. The number of benzene rings is 1. The van der Waals surface area contributed by atoms with Gasteiger partial charge in [-0.1, -0.05) is 26.0 Å². The van der Waals surface area contributed by atoms with Crippen molar-refractivity contribution in [3.8, 4) is 5.75 Å². The van der Waals surface area contributed by atoms with E-state index in [9.17, 15) is 4.79 Å². The number of nitrogens with zero attached hydrogens (tertiary/aromatic N) is 4. The molecule has 24 heavy (non-hydrogen) atoms. The molecule has 0 unspecified atom stereocenters. The summed E-state index contributed by atoms with van der Waals surface area (Å²) in [6.07, 6.45) is 0. The Morgan fingerprint density at radius 1 is 1.17 bits per heavy atom. The van der Waals surface area contributed by atoms with Crippen molar-refractivity contribution in [1.29, 1.82) is 0 Å². The van der Waals surface area contributed by atoms with Crippen LogP contribution in [0.1, 0.15) is 36.3 Å². The Morgan fingerprint density at radius 3 is 2.50 bits per heavy atom. The summed E-state index contributed by atoms with van der Waals surface area (Å²) >= 11 is 0. The normalized spacial score (nSPS) is 15.0. The van der Waals surface area contributed by atoms with Crippen molar-refractivity contribution in [2.24, 2.45) is 0 Å². The number of rotatable bonds is 4. The zero-order valence-electron chi connectivity index (χ0n) is 14.2. The van der Waals surface area contributed by atoms with Crippen molar-refractivity contribution < 1.29 is 13.9 Å². The minimum Gasteiger partial charge on any atom is -0.495 e. The SMILES string of the molecule is COc1ccccc1N1CCN(C(=O)c2nnc(C(C)C)o2)CC1. The first-order valence-corrected chi connectivity index (χ1v) is 8.10. The van der Waals surface area contributed by atoms with E-state index in [-0.39, 0.29) is 17.7 Å². The van der Waals surface area contributed by atoms with E-state index in [2.05, 4.69) is 15.1 Å². The van der Waals surface area contributed by atoms with Crippen LogP contribution in [-0.2, 0) is 0 Å². The zero-order chi connectivity index (χ0) is 17.1. The molecule has 1 aliphatic heterocycles. The number of aromatic nitrogens is 2. The Bertz CT molecular complexity index is 705. The van der Waals surface area contributed by atoms with Crippen LogP contribution in [0, 0.1) is 0 Å². The number of hydrogen-bond donors (Lipinski definition) is 0. The van der Waals surface area contributed by atoms with Crippen molar-refractivity contribution in [1.82, 2.24) is 15.1 Å². The third-order valence-electron chi connectivity index (χ3n) is 4.11. The molecule has 7 heteroatoms. The molecule has 0 aliphatic carbocycles. The third-order valence-corrected chi connectivity index (χ3v) is 4.11. The largest absolute Gasteiger partial charge is 0.495 e. The Kier molecular flexibility index (Phi) is 4.69. The first kappa shape index (κ1) is 16.3. The second-order valence-electron chi connectivity index (χ2n) is 6.05. The molecule has 0 saturated carbocycles. The number of amides is 1. The molecule has 1 amide bonds. The molecular formula is C17H22N4O3. The fourth-order valence-corrected chi connectivity index (χ4v) is 2.73. The number of hydrogen-bond acceptors (Lipinski definition) is 6. The third kappa shape index (κ3) is 3.20. The van der Waals surface area contributed by atoms with E-state index in [0.717, 1.165) is 24.5 Å². The second-order valence-corrected chi connectivity index (χ2v) is 6.05. The lowest BCUT2D eigenvalue weighted by atomic mass is 10.2. The Balaban J connectivity index is 1.65. The highest BCUT2D eigenvalue weighted by Gasteiger charge is 2.27. The lowest BCUT2D eigenvalue weighted by Gasteiger charge is -2.36. The van der Waals surface area contributed by atoms with Crippen LogP contribution in [0.5, 0.6) is 5.75 Å². The number of carbonyl (C=O) groups excluding carboxylic acids is 1. The predicted molar refractivity (Wildman–Crippen MR) is 89.5 cm³/mol. The molecule has 2 heterocycles. The summed E-state index contributed by atoms with van der Waals surface area (Å²) in [4.78, 5) is 16.5. The molecule has 0 bridgehead atoms. The van der Waals surface area contributed by atoms with E-state index < -0.39 is 0 Å². The molecule has 0 N–H and O–H groups in total. The molecule has 0 atom stereocenters. The van der Waals surface area contributed by atoms with Crippen LogP contribution in [0.2, 0.25) is 0 Å². The van der Waals surface area contributed by atoms with Gasteiger partial charge >= 0.3 is 11.8 Å². The quantitative estimate of drug-likeness (QED) is 0.855. The van der Waals surface area contributed by atoms with Crippen LogP contribution in [-0.4, -0.2) is 54.3 Å². The molecular weight excluding hydrogens is 308 g/mol. The van der Waals surface area contributed by atoms with E-state index in [1.54, 1.807) is 12.0 Å². The fraction of sp³-hybridized carbons (Fsp3) is 0.471. The van der Waals surface area contributed by atoms with Gasteiger partial charge in [0.05, 0.1) is 12.8 Å². The van der Waals surface area contributed by atoms with Crippen LogP contribution in [0.25, 0.3) is 0 Å². The summed E-state index contributed by atoms with van der Waals surface area (Å²) < 4.78 is 10.9. The Morgan fingerprint density at radius 2 is 1.88 bits per heavy atom. The number of ether oxygens (including phenoxy) is 1. The standard InChI is InChI=1S/C17H22N4O3/c1-12(2)15-18-19-16(24-15)17(22)21-10-8-20(9-11-21)13-6-4-5-7-14(13)23-3/h4-7,12H,8-11H2,1-3H3. The van der Waals surface area contributed by atoms with E-state index in [1.165, 1.54) is 0 Å². The van der Waals surface area contributed by atoms with E-state index in [0.29, 0.717) is 19.0 Å². The Labute approximate surface area is 141 Å². The highest BCUT2D eigenvalue weighted by molar-refractivity contribution is 5.89. The van der Waals surface area contributed by atoms with Gasteiger partial charge in [0.1, 0.15) is 5.75 Å². The van der Waals surface area contributed by atoms with Gasteiger partial charge in [-0.3, -0.25) is 4.79 Å². The van der Waals surface area contributed by atoms with Crippen LogP contribution < -0.4 is 9.64 Å². The zero-order valence-corrected chi connectivity index (χ0v) is 14.2. The molecule has 1 aliphatic rings. The van der Waals surface area contributed by atoms with Crippen molar-refractivity contribution in [3.05, 3.63) is 36.0 Å². The predicted octanol–water partition coefficient (Wildman–Crippen LogP) is 2.16. The minimum absolute atomic E-state index is 0.0736. The average molecular weight is 330 g/mol. The number of carbonyl (C=O) groups is 1. The van der Waals surface area contributed by atoms with Gasteiger partial charge in [0.2, 0.25) is 5.89 Å². The highest BCUT2D eigenvalue weighted by atomic mass is 16.5. The second kappa shape index (κ2) is 6.90. The lowest BCUT2D eigenvalue weighted by Crippen LogP contribution is -2.49. The van der Waals surface area contributed by atoms with Gasteiger partial charge < -0.3 is 19.0 Å². The van der Waals surface area contributed by atoms with Crippen LogP contribution in [0.4, 0.5) is 5.69 Å². The smallest absolute Gasteiger partial charge is 0.311 e. The number of anilines is 1. The van der Waals surface area contributed by atoms with Gasteiger partial charge in [-0.15, -0.1) is 10.2 Å². The summed E-state index contributed by atoms with van der Waals surface area (Å²) in [6, 6.07) is 7.91. The summed E-state index contributed by atoms with van der Waals surface area (Å²) in [5, 5.41) is 7.80. The summed E-state index contributed by atoms with van der Waals surface area (Å²) in [5.41, 5.74) is 1.05. The van der Waals surface area contributed by atoms with Crippen molar-refractivity contribution in [2.45, 2.75) is 19.8 Å². The molecule has 7 nitrogen and oxygen atoms in total. The minimum atomic E-state index is -0.200. The van der Waals surface area contributed by atoms with Crippen molar-refractivity contribution in [3.63, 3.8) is 0 Å². The number of methoxy groups -OCH3 is 1. The fourth-order valence-electron chi connectivity index (χ4n) is 2.73. The molecule has 0 spiro atoms. The average Bonchev–Trinajstić information content (AvgIpc) is 3.11. The van der Waals surface area contributed by atoms with Crippen molar-refractivity contribution >= 4 is 11.6 Å². The first-order chi connectivity index (χ1) is 11.6. The Hall–Kier alpha value is -2.57. The summed E-state index contributed by atoms with van der Waals surface area (Å²) in [5.74, 6) is 1.32. The van der Waals surface area contributed by atoms with E-state index in [1.807, 2.05) is 38.1 Å². The van der Waals surface area contributed by atoms with E-state index in [4.69, 9.17) is 9.15 Å². The maximum atomic E-state index is 12.5. The molecule has 3 rings (SSSR count). The molecule has 1 fully saturated rings. The van der Waals surface area contributed by atoms with Gasteiger partial charge in [-0.05, 0) is 12.1 Å². The molecule has 1 saturated heterocycles. The number of para-hydroxylation sites is 2. The van der Waals surface area contributed by atoms with Gasteiger partial charge in [0.15, 0.2) is 0 Å². The number of piperazine rings is 1. The van der Waals surface area contributed by atoms with Crippen LogP contribution in [0.3, 0.4) is 0 Å². The summed E-state index contributed by atoms with van der Waals surface area (Å²) in [6.45, 7) is 6.59. The molecule has 2 aromatic rings. The lowest BCUT2D eigenvalue weighted by molar-refractivity contribution is 0.0704.